The van der Waals surface area contributed by atoms with Crippen LogP contribution in [0.1, 0.15) is 38.8 Å². The molecule has 1 N–H and O–H groups in total. The van der Waals surface area contributed by atoms with Crippen LogP contribution >= 0.6 is 0 Å². The summed E-state index contributed by atoms with van der Waals surface area (Å²) in [5, 5.41) is 3.29. The largest absolute Gasteiger partial charge is 0.310 e. The molecule has 0 radical (unpaired) electrons. The standard InChI is InChI=1S/C15H24F2N2/c1-5-18-15(6-7-19(4)11(2)3)12-8-13(16)10-14(17)9-12/h8-11,15,18H,5-7H2,1-4H3. The molecule has 0 aromatic heterocycles. The van der Waals surface area contributed by atoms with E-state index in [4.69, 9.17) is 0 Å². The maximum Gasteiger partial charge on any atom is 0.126 e. The molecule has 0 saturated carbocycles. The van der Waals surface area contributed by atoms with Gasteiger partial charge >= 0.3 is 0 Å². The van der Waals surface area contributed by atoms with Crippen LogP contribution in [-0.2, 0) is 0 Å². The van der Waals surface area contributed by atoms with Gasteiger partial charge in [0.05, 0.1) is 0 Å². The van der Waals surface area contributed by atoms with Gasteiger partial charge in [-0.05, 0) is 58.1 Å². The van der Waals surface area contributed by atoms with Crippen LogP contribution in [0, 0.1) is 11.6 Å². The predicted octanol–water partition coefficient (Wildman–Crippen LogP) is 3.35. The Morgan fingerprint density at radius 1 is 1.16 bits per heavy atom. The lowest BCUT2D eigenvalue weighted by Gasteiger charge is -2.25. The molecule has 0 aliphatic rings. The summed E-state index contributed by atoms with van der Waals surface area (Å²) in [4.78, 5) is 2.22. The molecule has 4 heteroatoms. The fraction of sp³-hybridized carbons (Fsp3) is 0.600. The second-order valence-electron chi connectivity index (χ2n) is 5.18. The average molecular weight is 270 g/mol. The number of hydrogen-bond donors (Lipinski definition) is 1. The summed E-state index contributed by atoms with van der Waals surface area (Å²) in [6.07, 6.45) is 0.825. The molecular formula is C15H24F2N2. The van der Waals surface area contributed by atoms with E-state index in [1.165, 1.54) is 12.1 Å². The Bertz CT molecular complexity index is 373. The highest BCUT2D eigenvalue weighted by atomic mass is 19.1. The van der Waals surface area contributed by atoms with Gasteiger partial charge in [-0.1, -0.05) is 6.92 Å². The first-order chi connectivity index (χ1) is 8.93. The minimum atomic E-state index is -0.518. The normalized spacial score (nSPS) is 13.3. The minimum Gasteiger partial charge on any atom is -0.310 e. The van der Waals surface area contributed by atoms with Crippen LogP contribution in [0.15, 0.2) is 18.2 Å². The van der Waals surface area contributed by atoms with Gasteiger partial charge in [-0.15, -0.1) is 0 Å². The van der Waals surface area contributed by atoms with Gasteiger partial charge in [-0.3, -0.25) is 0 Å². The van der Waals surface area contributed by atoms with E-state index in [9.17, 15) is 8.78 Å². The third-order valence-corrected chi connectivity index (χ3v) is 3.39. The summed E-state index contributed by atoms with van der Waals surface area (Å²) in [6, 6.07) is 4.17. The van der Waals surface area contributed by atoms with Crippen molar-refractivity contribution in [3.63, 3.8) is 0 Å². The Kier molecular flexibility index (Phi) is 6.38. The van der Waals surface area contributed by atoms with Crippen molar-refractivity contribution in [1.29, 1.82) is 0 Å². The van der Waals surface area contributed by atoms with E-state index in [-0.39, 0.29) is 6.04 Å². The molecule has 0 bridgehead atoms. The first-order valence-electron chi connectivity index (χ1n) is 6.83. The summed E-state index contributed by atoms with van der Waals surface area (Å²) in [5.41, 5.74) is 0.677. The van der Waals surface area contributed by atoms with Crippen LogP contribution in [0.5, 0.6) is 0 Å². The van der Waals surface area contributed by atoms with Crippen LogP contribution in [0.3, 0.4) is 0 Å². The lowest BCUT2D eigenvalue weighted by molar-refractivity contribution is 0.257. The zero-order valence-electron chi connectivity index (χ0n) is 12.2. The Hall–Kier alpha value is -1.00. The van der Waals surface area contributed by atoms with Crippen LogP contribution < -0.4 is 5.32 Å². The van der Waals surface area contributed by atoms with Gasteiger partial charge in [0.25, 0.3) is 0 Å². The van der Waals surface area contributed by atoms with Gasteiger partial charge in [0, 0.05) is 18.2 Å². The Morgan fingerprint density at radius 2 is 1.74 bits per heavy atom. The fourth-order valence-electron chi connectivity index (χ4n) is 2.00. The van der Waals surface area contributed by atoms with Crippen LogP contribution in [0.2, 0.25) is 0 Å². The lowest BCUT2D eigenvalue weighted by atomic mass is 10.0. The first-order valence-corrected chi connectivity index (χ1v) is 6.83. The van der Waals surface area contributed by atoms with Crippen molar-refractivity contribution in [2.24, 2.45) is 0 Å². The average Bonchev–Trinajstić information content (AvgIpc) is 2.32. The summed E-state index contributed by atoms with van der Waals surface area (Å²) in [7, 11) is 2.06. The minimum absolute atomic E-state index is 0.0172. The molecule has 1 rings (SSSR count). The second kappa shape index (κ2) is 7.56. The Balaban J connectivity index is 2.76. The SMILES string of the molecule is CCNC(CCN(C)C(C)C)c1cc(F)cc(F)c1. The van der Waals surface area contributed by atoms with Crippen LogP contribution in [-0.4, -0.2) is 31.1 Å². The van der Waals surface area contributed by atoms with Crippen molar-refractivity contribution in [2.75, 3.05) is 20.1 Å². The van der Waals surface area contributed by atoms with E-state index in [0.29, 0.717) is 11.6 Å². The monoisotopic (exact) mass is 270 g/mol. The van der Waals surface area contributed by atoms with Gasteiger partial charge in [0.1, 0.15) is 11.6 Å². The van der Waals surface area contributed by atoms with Gasteiger partial charge in [-0.25, -0.2) is 8.78 Å². The third kappa shape index (κ3) is 5.25. The van der Waals surface area contributed by atoms with Gasteiger partial charge < -0.3 is 10.2 Å². The zero-order valence-corrected chi connectivity index (χ0v) is 12.2. The Morgan fingerprint density at radius 3 is 2.21 bits per heavy atom. The van der Waals surface area contributed by atoms with Crippen molar-refractivity contribution < 1.29 is 8.78 Å². The van der Waals surface area contributed by atoms with Crippen molar-refractivity contribution in [3.8, 4) is 0 Å². The van der Waals surface area contributed by atoms with Gasteiger partial charge in [-0.2, -0.15) is 0 Å². The van der Waals surface area contributed by atoms with E-state index in [1.807, 2.05) is 6.92 Å². The maximum absolute atomic E-state index is 13.3. The van der Waals surface area contributed by atoms with Gasteiger partial charge in [0.2, 0.25) is 0 Å². The number of hydrogen-bond acceptors (Lipinski definition) is 2. The highest BCUT2D eigenvalue weighted by molar-refractivity contribution is 5.21. The Labute approximate surface area is 114 Å². The van der Waals surface area contributed by atoms with E-state index >= 15 is 0 Å². The molecule has 0 fully saturated rings. The molecule has 19 heavy (non-hydrogen) atoms. The van der Waals surface area contributed by atoms with E-state index in [0.717, 1.165) is 25.6 Å². The molecule has 108 valence electrons. The molecule has 0 amide bonds. The molecule has 0 spiro atoms. The number of nitrogens with one attached hydrogen (secondary N) is 1. The maximum atomic E-state index is 13.3. The van der Waals surface area contributed by atoms with E-state index < -0.39 is 11.6 Å². The number of nitrogens with zero attached hydrogens (tertiary/aromatic N) is 1. The highest BCUT2D eigenvalue weighted by Crippen LogP contribution is 2.20. The van der Waals surface area contributed by atoms with Crippen molar-refractivity contribution in [1.82, 2.24) is 10.2 Å². The quantitative estimate of drug-likeness (QED) is 0.817. The highest BCUT2D eigenvalue weighted by Gasteiger charge is 2.14. The molecule has 0 saturated heterocycles. The summed E-state index contributed by atoms with van der Waals surface area (Å²) >= 11 is 0. The second-order valence-corrected chi connectivity index (χ2v) is 5.18. The number of halogens is 2. The van der Waals surface area contributed by atoms with Gasteiger partial charge in [0.15, 0.2) is 0 Å². The van der Waals surface area contributed by atoms with E-state index in [1.54, 1.807) is 0 Å². The smallest absolute Gasteiger partial charge is 0.126 e. The first kappa shape index (κ1) is 16.1. The van der Waals surface area contributed by atoms with Crippen LogP contribution in [0.25, 0.3) is 0 Å². The van der Waals surface area contributed by atoms with Crippen LogP contribution in [0.4, 0.5) is 8.78 Å². The molecule has 1 unspecified atom stereocenters. The summed E-state index contributed by atoms with van der Waals surface area (Å²) < 4.78 is 26.6. The molecule has 0 aliphatic heterocycles. The molecule has 0 aliphatic carbocycles. The van der Waals surface area contributed by atoms with Crippen molar-refractivity contribution in [3.05, 3.63) is 35.4 Å². The lowest BCUT2D eigenvalue weighted by Crippen LogP contribution is -2.31. The molecule has 1 atom stereocenters. The predicted molar refractivity (Wildman–Crippen MR) is 75.2 cm³/mol. The fourth-order valence-corrected chi connectivity index (χ4v) is 2.00. The summed E-state index contributed by atoms with van der Waals surface area (Å²) in [6.45, 7) is 7.91. The molecule has 1 aromatic rings. The molecule has 2 nitrogen and oxygen atoms in total. The van der Waals surface area contributed by atoms with Crippen molar-refractivity contribution in [2.45, 2.75) is 39.3 Å². The number of benzene rings is 1. The molecular weight excluding hydrogens is 246 g/mol. The number of rotatable bonds is 7. The van der Waals surface area contributed by atoms with E-state index in [2.05, 4.69) is 31.1 Å². The zero-order chi connectivity index (χ0) is 14.4. The van der Waals surface area contributed by atoms with Crippen molar-refractivity contribution >= 4 is 0 Å². The molecule has 0 heterocycles. The molecule has 1 aromatic carbocycles. The topological polar surface area (TPSA) is 15.3 Å². The summed E-state index contributed by atoms with van der Waals surface area (Å²) in [5.74, 6) is -1.04. The third-order valence-electron chi connectivity index (χ3n) is 3.39.